The van der Waals surface area contributed by atoms with Crippen LogP contribution in [-0.4, -0.2) is 45.2 Å². The van der Waals surface area contributed by atoms with Gasteiger partial charge in [0.05, 0.1) is 5.57 Å². The molecule has 0 radical (unpaired) electrons. The van der Waals surface area contributed by atoms with E-state index in [9.17, 15) is 4.79 Å². The Morgan fingerprint density at radius 2 is 1.75 bits per heavy atom. The van der Waals surface area contributed by atoms with Crippen molar-refractivity contribution in [1.82, 2.24) is 9.99 Å². The van der Waals surface area contributed by atoms with Crippen molar-refractivity contribution in [3.63, 3.8) is 0 Å². The monoisotopic (exact) mass is 497 g/mol. The van der Waals surface area contributed by atoms with Crippen molar-refractivity contribution < 1.29 is 14.3 Å². The fourth-order valence-electron chi connectivity index (χ4n) is 3.76. The van der Waals surface area contributed by atoms with Gasteiger partial charge < -0.3 is 9.47 Å². The summed E-state index contributed by atoms with van der Waals surface area (Å²) in [7, 11) is 0. The van der Waals surface area contributed by atoms with Crippen molar-refractivity contribution in [2.75, 3.05) is 13.2 Å². The van der Waals surface area contributed by atoms with E-state index in [0.29, 0.717) is 29.2 Å². The highest BCUT2D eigenvalue weighted by molar-refractivity contribution is 8.27. The van der Waals surface area contributed by atoms with E-state index >= 15 is 0 Å². The largest absolute Gasteiger partial charge is 0.490 e. The van der Waals surface area contributed by atoms with E-state index < -0.39 is 5.91 Å². The number of carbonyl (C=O) groups is 1. The zero-order valence-electron chi connectivity index (χ0n) is 19.8. The Balaban J connectivity index is 1.22. The normalized spacial score (nSPS) is 16.1. The van der Waals surface area contributed by atoms with Crippen LogP contribution in [0.4, 0.5) is 0 Å². The molecule has 0 atom stereocenters. The van der Waals surface area contributed by atoms with E-state index in [1.807, 2.05) is 68.4 Å². The fourth-order valence-corrected chi connectivity index (χ4v) is 4.64. The third-order valence-electron chi connectivity index (χ3n) is 5.56. The van der Waals surface area contributed by atoms with Gasteiger partial charge in [0.15, 0.2) is 5.84 Å². The Labute approximate surface area is 212 Å². The van der Waals surface area contributed by atoms with E-state index in [2.05, 4.69) is 15.1 Å². The minimum absolute atomic E-state index is 0.0136. The summed E-state index contributed by atoms with van der Waals surface area (Å²) in [5, 5.41) is 15.4. The number of fused-ring (bicyclic) bond motifs is 1. The van der Waals surface area contributed by atoms with E-state index in [0.717, 1.165) is 28.0 Å². The summed E-state index contributed by atoms with van der Waals surface area (Å²) in [6.07, 6.45) is 5.00. The molecule has 2 aliphatic heterocycles. The molecule has 1 N–H and O–H groups in total. The van der Waals surface area contributed by atoms with Crippen LogP contribution in [0.1, 0.15) is 22.3 Å². The molecule has 180 valence electrons. The lowest BCUT2D eigenvalue weighted by Gasteiger charge is -2.20. The molecule has 8 nitrogen and oxygen atoms in total. The number of para-hydroxylation sites is 1. The van der Waals surface area contributed by atoms with Crippen molar-refractivity contribution in [3.05, 3.63) is 94.8 Å². The van der Waals surface area contributed by atoms with Crippen LogP contribution in [-0.2, 0) is 4.79 Å². The van der Waals surface area contributed by atoms with Crippen LogP contribution >= 0.6 is 11.8 Å². The number of hydrogen-bond acceptors (Lipinski definition) is 7. The Bertz CT molecular complexity index is 1390. The Morgan fingerprint density at radius 1 is 1.00 bits per heavy atom. The number of pyridine rings is 1. The Morgan fingerprint density at radius 3 is 2.47 bits per heavy atom. The third-order valence-corrected chi connectivity index (χ3v) is 6.52. The van der Waals surface area contributed by atoms with Crippen LogP contribution in [0.15, 0.2) is 82.7 Å². The zero-order chi connectivity index (χ0) is 25.1. The van der Waals surface area contributed by atoms with Gasteiger partial charge >= 0.3 is 0 Å². The van der Waals surface area contributed by atoms with Crippen molar-refractivity contribution >= 4 is 39.8 Å². The van der Waals surface area contributed by atoms with Crippen LogP contribution in [0.2, 0.25) is 0 Å². The summed E-state index contributed by atoms with van der Waals surface area (Å²) in [4.78, 5) is 20.9. The number of aromatic nitrogens is 1. The van der Waals surface area contributed by atoms with Gasteiger partial charge in [-0.3, -0.25) is 15.2 Å². The van der Waals surface area contributed by atoms with E-state index in [1.165, 1.54) is 16.8 Å². The molecule has 0 spiro atoms. The molecule has 0 fully saturated rings. The van der Waals surface area contributed by atoms with Gasteiger partial charge in [-0.2, -0.15) is 15.1 Å². The second kappa shape index (κ2) is 10.2. The van der Waals surface area contributed by atoms with Gasteiger partial charge in [0.2, 0.25) is 5.17 Å². The molecule has 3 aromatic rings. The lowest BCUT2D eigenvalue weighted by Crippen LogP contribution is -2.35. The molecule has 1 aromatic heterocycles. The molecule has 0 saturated heterocycles. The van der Waals surface area contributed by atoms with Gasteiger partial charge in [-0.15, -0.1) is 0 Å². The van der Waals surface area contributed by atoms with Gasteiger partial charge in [0.25, 0.3) is 5.91 Å². The molecule has 2 aliphatic rings. The van der Waals surface area contributed by atoms with Crippen molar-refractivity contribution in [2.24, 2.45) is 10.1 Å². The van der Waals surface area contributed by atoms with Crippen molar-refractivity contribution in [2.45, 2.75) is 13.8 Å². The molecule has 3 heterocycles. The number of hydrogen-bond donors (Lipinski definition) is 1. The molecule has 5 rings (SSSR count). The number of carbonyl (C=O) groups excluding carboxylic acids is 1. The molecule has 1 amide bonds. The maximum atomic E-state index is 12.7. The van der Waals surface area contributed by atoms with Gasteiger partial charge in [-0.1, -0.05) is 30.3 Å². The average molecular weight is 498 g/mol. The van der Waals surface area contributed by atoms with Gasteiger partial charge in [-0.25, -0.2) is 0 Å². The first-order valence-electron chi connectivity index (χ1n) is 11.3. The van der Waals surface area contributed by atoms with Crippen LogP contribution in [0, 0.1) is 19.3 Å². The molecular weight excluding hydrogens is 474 g/mol. The maximum Gasteiger partial charge on any atom is 0.283 e. The summed E-state index contributed by atoms with van der Waals surface area (Å²) >= 11 is 1.25. The second-order valence-electron chi connectivity index (χ2n) is 8.15. The van der Waals surface area contributed by atoms with Crippen LogP contribution in [0.25, 0.3) is 6.08 Å². The third kappa shape index (κ3) is 4.92. The molecule has 0 bridgehead atoms. The summed E-state index contributed by atoms with van der Waals surface area (Å²) in [6, 6.07) is 17.0. The number of thioether (sulfide) groups is 1. The van der Waals surface area contributed by atoms with Gasteiger partial charge in [0, 0.05) is 18.0 Å². The van der Waals surface area contributed by atoms with Crippen LogP contribution in [0.3, 0.4) is 0 Å². The molecule has 9 heteroatoms. The quantitative estimate of drug-likeness (QED) is 0.371. The number of nitrogens with one attached hydrogen (secondary N) is 1. The molecule has 36 heavy (non-hydrogen) atoms. The first kappa shape index (κ1) is 23.5. The number of hydrazone groups is 1. The molecule has 0 unspecified atom stereocenters. The summed E-state index contributed by atoms with van der Waals surface area (Å²) in [6.45, 7) is 4.87. The number of benzene rings is 2. The smallest absolute Gasteiger partial charge is 0.283 e. The number of ether oxygens (including phenoxy) is 2. The Kier molecular flexibility index (Phi) is 6.64. The number of aliphatic imine (C=N–C) groups is 1. The SMILES string of the molecule is Cc1cccc(C)c1OCCOc1ccc(C=C2C(=N)N3N=C(c4cccnc4)SC3=NC2=O)cc1. The predicted octanol–water partition coefficient (Wildman–Crippen LogP) is 4.82. The number of amidine groups is 2. The number of rotatable bonds is 7. The lowest BCUT2D eigenvalue weighted by molar-refractivity contribution is -0.114. The maximum absolute atomic E-state index is 12.7. The molecule has 0 saturated carbocycles. The highest BCUT2D eigenvalue weighted by Gasteiger charge is 2.36. The number of nitrogens with zero attached hydrogens (tertiary/aromatic N) is 4. The lowest BCUT2D eigenvalue weighted by atomic mass is 10.1. The standard InChI is InChI=1S/C27H23N5O3S/c1-17-5-3-6-18(2)23(17)35-14-13-34-21-10-8-19(9-11-21)15-22-24(28)32-27(30-25(22)33)36-26(31-32)20-7-4-12-29-16-20/h3-12,15-16,28H,13-14H2,1-2H3. The summed E-state index contributed by atoms with van der Waals surface area (Å²) in [5.41, 5.74) is 3.92. The van der Waals surface area contributed by atoms with E-state index in [1.54, 1.807) is 18.5 Å². The zero-order valence-corrected chi connectivity index (χ0v) is 20.6. The number of aryl methyl sites for hydroxylation is 2. The molecule has 0 aliphatic carbocycles. The topological polar surface area (TPSA) is 100 Å². The summed E-state index contributed by atoms with van der Waals surface area (Å²) < 4.78 is 11.7. The minimum Gasteiger partial charge on any atom is -0.490 e. The fraction of sp³-hybridized carbons (Fsp3) is 0.148. The second-order valence-corrected chi connectivity index (χ2v) is 9.11. The average Bonchev–Trinajstić information content (AvgIpc) is 3.31. The highest BCUT2D eigenvalue weighted by atomic mass is 32.2. The van der Waals surface area contributed by atoms with Crippen molar-refractivity contribution in [1.29, 1.82) is 5.41 Å². The number of amides is 1. The van der Waals surface area contributed by atoms with E-state index in [-0.39, 0.29) is 11.4 Å². The highest BCUT2D eigenvalue weighted by Crippen LogP contribution is 2.31. The molecular formula is C27H23N5O3S. The predicted molar refractivity (Wildman–Crippen MR) is 142 cm³/mol. The van der Waals surface area contributed by atoms with Crippen LogP contribution < -0.4 is 9.47 Å². The van der Waals surface area contributed by atoms with Gasteiger partial charge in [-0.05, 0) is 72.6 Å². The molecule has 2 aromatic carbocycles. The first-order valence-corrected chi connectivity index (χ1v) is 12.1. The van der Waals surface area contributed by atoms with Crippen LogP contribution in [0.5, 0.6) is 11.5 Å². The van der Waals surface area contributed by atoms with Crippen molar-refractivity contribution in [3.8, 4) is 11.5 Å². The summed E-state index contributed by atoms with van der Waals surface area (Å²) in [5.74, 6) is 1.10. The first-order chi connectivity index (χ1) is 17.5. The van der Waals surface area contributed by atoms with Gasteiger partial charge in [0.1, 0.15) is 29.8 Å². The Hall–Kier alpha value is -4.24. The minimum atomic E-state index is -0.467. The van der Waals surface area contributed by atoms with E-state index in [4.69, 9.17) is 14.9 Å².